The van der Waals surface area contributed by atoms with Gasteiger partial charge in [0, 0.05) is 49.5 Å². The highest BCUT2D eigenvalue weighted by molar-refractivity contribution is 7.38. The minimum Gasteiger partial charge on any atom is -0.786 e. The van der Waals surface area contributed by atoms with Gasteiger partial charge in [0.2, 0.25) is 11.8 Å². The summed E-state index contributed by atoms with van der Waals surface area (Å²) in [5.41, 5.74) is 10.9. The number of carbonyl (C=O) groups excluding carboxylic acids is 3. The van der Waals surface area contributed by atoms with Crippen molar-refractivity contribution in [1.29, 1.82) is 0 Å². The molecule has 300 valence electrons. The number of fused-ring (bicyclic) bond motifs is 2. The average molecular weight is 771 g/mol. The smallest absolute Gasteiger partial charge is 0.227 e. The minimum atomic E-state index is -2.03. The number of carbonyl (C=O) groups is 3. The van der Waals surface area contributed by atoms with E-state index in [0.29, 0.717) is 89.7 Å². The zero-order chi connectivity index (χ0) is 39.3. The molecule has 2 amide bonds. The quantitative estimate of drug-likeness (QED) is 0.0509. The van der Waals surface area contributed by atoms with Crippen molar-refractivity contribution in [3.8, 4) is 0 Å². The van der Waals surface area contributed by atoms with Crippen molar-refractivity contribution in [2.45, 2.75) is 91.5 Å². The highest BCUT2D eigenvalue weighted by Crippen LogP contribution is 2.37. The molecule has 0 spiro atoms. The van der Waals surface area contributed by atoms with Crippen LogP contribution in [-0.2, 0) is 39.4 Å². The van der Waals surface area contributed by atoms with Gasteiger partial charge in [-0.15, -0.1) is 0 Å². The van der Waals surface area contributed by atoms with E-state index in [1.807, 2.05) is 74.2 Å². The van der Waals surface area contributed by atoms with Crippen LogP contribution in [0.4, 0.5) is 5.69 Å². The number of ether oxygens (including phenoxy) is 2. The number of nitrogens with zero attached hydrogens (tertiary/aromatic N) is 2. The number of Topliss-reactive ketones (excluding diaryl/α,β-unsaturated/α-hetero) is 1. The maximum absolute atomic E-state index is 13.9. The highest BCUT2D eigenvalue weighted by atomic mass is 31.2. The molecule has 13 nitrogen and oxygen atoms in total. The topological polar surface area (TPSA) is 182 Å². The zero-order valence-electron chi connectivity index (χ0n) is 32.6. The van der Waals surface area contributed by atoms with Crippen molar-refractivity contribution in [2.24, 2.45) is 17.0 Å². The van der Waals surface area contributed by atoms with E-state index in [1.165, 1.54) is 7.11 Å². The molecule has 5 N–H and O–H groups in total. The van der Waals surface area contributed by atoms with Gasteiger partial charge in [0.1, 0.15) is 5.78 Å². The van der Waals surface area contributed by atoms with Crippen LogP contribution in [0.3, 0.4) is 0 Å². The van der Waals surface area contributed by atoms with Crippen molar-refractivity contribution in [3.63, 3.8) is 0 Å². The average Bonchev–Trinajstić information content (AvgIpc) is 3.15. The summed E-state index contributed by atoms with van der Waals surface area (Å²) in [6.45, 7) is 8.80. The minimum absolute atomic E-state index is 0.00501. The summed E-state index contributed by atoms with van der Waals surface area (Å²) < 4.78 is 21.0. The summed E-state index contributed by atoms with van der Waals surface area (Å²) in [5, 5.41) is 4.53. The Kier molecular flexibility index (Phi) is 20.1. The monoisotopic (exact) mass is 770 g/mol. The van der Waals surface area contributed by atoms with Gasteiger partial charge < -0.3 is 44.4 Å². The molecule has 0 saturated heterocycles. The third kappa shape index (κ3) is 15.4. The molecule has 3 rings (SSSR count). The fourth-order valence-electron chi connectivity index (χ4n) is 5.99. The van der Waals surface area contributed by atoms with E-state index in [1.54, 1.807) is 5.01 Å². The number of hydrogen-bond donors (Lipinski definition) is 3. The van der Waals surface area contributed by atoms with Crippen LogP contribution in [0.2, 0.25) is 0 Å². The van der Waals surface area contributed by atoms with Crippen molar-refractivity contribution < 1.29 is 37.8 Å². The number of rotatable bonds is 25. The summed E-state index contributed by atoms with van der Waals surface area (Å²) in [7, 11) is -0.691. The second-order valence-corrected chi connectivity index (χ2v) is 15.4. The van der Waals surface area contributed by atoms with Crippen LogP contribution in [0.5, 0.6) is 0 Å². The number of hydrogen-bond acceptors (Lipinski definition) is 11. The number of nitrogens with two attached hydrogens (primary N) is 2. The lowest BCUT2D eigenvalue weighted by molar-refractivity contribution is -0.202. The number of unbranched alkanes of at least 4 members (excludes halogenated alkanes) is 5. The van der Waals surface area contributed by atoms with E-state index >= 15 is 0 Å². The molecule has 0 aliphatic carbocycles. The SMILES string of the molecule is COP([O-])OCCCCCNC(=O)CCCCCCC(=O)N1Cc2ccccc2/C(N)=C(/N(N)CCOCCOCCC(=O)C(C)(C)C)c2ccccc21. The van der Waals surface area contributed by atoms with E-state index in [-0.39, 0.29) is 23.0 Å². The highest BCUT2D eigenvalue weighted by Gasteiger charge is 2.28. The molecule has 0 radical (unpaired) electrons. The zero-order valence-corrected chi connectivity index (χ0v) is 33.5. The molecule has 1 unspecified atom stereocenters. The molecule has 1 aliphatic rings. The summed E-state index contributed by atoms with van der Waals surface area (Å²) in [6.07, 6.45) is 6.78. The van der Waals surface area contributed by atoms with Gasteiger partial charge >= 0.3 is 0 Å². The maximum Gasteiger partial charge on any atom is 0.227 e. The summed E-state index contributed by atoms with van der Waals surface area (Å²) in [4.78, 5) is 51.2. The lowest BCUT2D eigenvalue weighted by atomic mass is 9.89. The number of para-hydroxylation sites is 1. The maximum atomic E-state index is 13.9. The Bertz CT molecular complexity index is 1500. The first-order valence-electron chi connectivity index (χ1n) is 19.0. The molecule has 0 saturated carbocycles. The molecule has 2 aromatic carbocycles. The van der Waals surface area contributed by atoms with Crippen molar-refractivity contribution >= 4 is 43.3 Å². The molecule has 0 bridgehead atoms. The second kappa shape index (κ2) is 24.2. The van der Waals surface area contributed by atoms with Crippen LogP contribution in [0.25, 0.3) is 11.4 Å². The van der Waals surface area contributed by atoms with Crippen LogP contribution < -0.4 is 26.7 Å². The van der Waals surface area contributed by atoms with Gasteiger partial charge in [0.15, 0.2) is 0 Å². The molecule has 1 heterocycles. The summed E-state index contributed by atoms with van der Waals surface area (Å²) in [5.74, 6) is 6.89. The standard InChI is InChI=1S/C40H61N5O8P/c1-40(2,3)35(46)22-26-51-28-29-52-27-24-45(42)39-33-18-12-13-19-34(33)44(30-31-16-10-11-17-32(31)38(39)41)37(48)21-9-6-5-8-20-36(47)43-23-14-7-15-25-53-54(49)50-4/h10-13,16-19H,5-9,14-15,20-30,41-42H2,1-4H3,(H,43,47)/q-1/b39-38-. The third-order valence-electron chi connectivity index (χ3n) is 9.12. The predicted molar refractivity (Wildman–Crippen MR) is 211 cm³/mol. The van der Waals surface area contributed by atoms with E-state index in [9.17, 15) is 19.3 Å². The van der Waals surface area contributed by atoms with E-state index in [0.717, 1.165) is 60.9 Å². The fourth-order valence-corrected chi connectivity index (χ4v) is 6.37. The lowest BCUT2D eigenvalue weighted by Gasteiger charge is -2.33. The second-order valence-electron chi connectivity index (χ2n) is 14.3. The Morgan fingerprint density at radius 1 is 0.833 bits per heavy atom. The summed E-state index contributed by atoms with van der Waals surface area (Å²) >= 11 is 0. The Hall–Kier alpha value is -3.42. The summed E-state index contributed by atoms with van der Waals surface area (Å²) in [6, 6.07) is 15.5. The first kappa shape index (κ1) is 45.0. The molecular formula is C40H61N5O8P-. The number of benzene rings is 2. The van der Waals surface area contributed by atoms with Crippen molar-refractivity contribution in [2.75, 3.05) is 58.1 Å². The predicted octanol–water partition coefficient (Wildman–Crippen LogP) is 5.41. The van der Waals surface area contributed by atoms with E-state index in [2.05, 4.69) is 9.84 Å². The molecular weight excluding hydrogens is 709 g/mol. The van der Waals surface area contributed by atoms with Gasteiger partial charge in [0.25, 0.3) is 0 Å². The van der Waals surface area contributed by atoms with Crippen LogP contribution in [-0.4, -0.2) is 75.8 Å². The number of amides is 2. The van der Waals surface area contributed by atoms with Crippen LogP contribution in [0.1, 0.15) is 102 Å². The molecule has 54 heavy (non-hydrogen) atoms. The molecule has 0 fully saturated rings. The van der Waals surface area contributed by atoms with Gasteiger partial charge in [-0.05, 0) is 43.7 Å². The Morgan fingerprint density at radius 3 is 2.20 bits per heavy atom. The van der Waals surface area contributed by atoms with Gasteiger partial charge in [-0.2, -0.15) is 0 Å². The van der Waals surface area contributed by atoms with Crippen LogP contribution in [0, 0.1) is 5.41 Å². The number of nitrogens with one attached hydrogen (secondary N) is 1. The Labute approximate surface area is 322 Å². The lowest BCUT2D eigenvalue weighted by Crippen LogP contribution is -2.37. The van der Waals surface area contributed by atoms with Crippen molar-refractivity contribution in [1.82, 2.24) is 10.3 Å². The van der Waals surface area contributed by atoms with Gasteiger partial charge in [-0.25, -0.2) is 5.84 Å². The molecule has 14 heteroatoms. The molecule has 2 aromatic rings. The first-order chi connectivity index (χ1) is 25.9. The molecule has 0 aromatic heterocycles. The van der Waals surface area contributed by atoms with E-state index in [4.69, 9.17) is 25.6 Å². The van der Waals surface area contributed by atoms with Crippen molar-refractivity contribution in [3.05, 3.63) is 65.2 Å². The van der Waals surface area contributed by atoms with Crippen LogP contribution >= 0.6 is 8.60 Å². The number of ketones is 1. The normalized spacial score (nSPS) is 14.8. The first-order valence-corrected chi connectivity index (χ1v) is 20.1. The van der Waals surface area contributed by atoms with Crippen LogP contribution in [0.15, 0.2) is 48.5 Å². The van der Waals surface area contributed by atoms with E-state index < -0.39 is 8.60 Å². The van der Waals surface area contributed by atoms with Gasteiger partial charge in [-0.1, -0.05) is 76.1 Å². The Morgan fingerprint density at radius 2 is 1.48 bits per heavy atom. The number of anilines is 1. The number of hydrazine groups is 1. The Balaban J connectivity index is 1.50. The third-order valence-corrected chi connectivity index (χ3v) is 9.81. The molecule has 1 atom stereocenters. The molecule has 1 aliphatic heterocycles. The van der Waals surface area contributed by atoms with Gasteiger partial charge in [-0.3, -0.25) is 14.4 Å². The largest absolute Gasteiger partial charge is 0.786 e. The fraction of sp³-hybridized carbons (Fsp3) is 0.575. The van der Waals surface area contributed by atoms with Gasteiger partial charge in [0.05, 0.1) is 71.8 Å².